The van der Waals surface area contributed by atoms with Crippen molar-refractivity contribution in [3.63, 3.8) is 0 Å². The number of piperidine rings is 1. The van der Waals surface area contributed by atoms with Crippen LogP contribution in [-0.2, 0) is 14.8 Å². The molecule has 2 heterocycles. The molecule has 8 heteroatoms. The molecule has 1 aromatic heterocycles. The molecule has 2 N–H and O–H groups in total. The van der Waals surface area contributed by atoms with Crippen molar-refractivity contribution in [3.8, 4) is 0 Å². The largest absolute Gasteiger partial charge is 0.382 e. The van der Waals surface area contributed by atoms with Gasteiger partial charge in [0.15, 0.2) is 0 Å². The molecule has 0 spiro atoms. The van der Waals surface area contributed by atoms with Crippen LogP contribution >= 0.6 is 11.6 Å². The van der Waals surface area contributed by atoms with Crippen molar-refractivity contribution in [2.45, 2.75) is 30.8 Å². The number of halogens is 1. The molecule has 112 valence electrons. The van der Waals surface area contributed by atoms with Crippen LogP contribution in [0.4, 0.5) is 5.82 Å². The van der Waals surface area contributed by atoms with Crippen molar-refractivity contribution < 1.29 is 13.2 Å². The van der Waals surface area contributed by atoms with Gasteiger partial charge < -0.3 is 10.5 Å². The third-order valence-corrected chi connectivity index (χ3v) is 5.45. The Morgan fingerprint density at radius 1 is 1.50 bits per heavy atom. The minimum Gasteiger partial charge on any atom is -0.382 e. The molecule has 20 heavy (non-hydrogen) atoms. The Kier molecular flexibility index (Phi) is 4.85. The first-order chi connectivity index (χ1) is 9.45. The first-order valence-corrected chi connectivity index (χ1v) is 8.29. The van der Waals surface area contributed by atoms with E-state index in [-0.39, 0.29) is 21.8 Å². The van der Waals surface area contributed by atoms with E-state index in [0.717, 1.165) is 0 Å². The van der Waals surface area contributed by atoms with Crippen LogP contribution in [0, 0.1) is 0 Å². The molecule has 0 atom stereocenters. The van der Waals surface area contributed by atoms with Gasteiger partial charge in [-0.1, -0.05) is 11.6 Å². The maximum absolute atomic E-state index is 12.5. The summed E-state index contributed by atoms with van der Waals surface area (Å²) < 4.78 is 31.9. The number of ether oxygens (including phenoxy) is 1. The fraction of sp³-hybridized carbons (Fsp3) is 0.583. The number of anilines is 1. The summed E-state index contributed by atoms with van der Waals surface area (Å²) in [5.41, 5.74) is 5.49. The monoisotopic (exact) mass is 319 g/mol. The highest BCUT2D eigenvalue weighted by molar-refractivity contribution is 7.89. The third-order valence-electron chi connectivity index (χ3n) is 3.29. The molecule has 0 bridgehead atoms. The van der Waals surface area contributed by atoms with Crippen LogP contribution in [0.3, 0.4) is 0 Å². The van der Waals surface area contributed by atoms with Crippen LogP contribution < -0.4 is 5.73 Å². The van der Waals surface area contributed by atoms with Crippen LogP contribution in [0.1, 0.15) is 19.8 Å². The highest BCUT2D eigenvalue weighted by atomic mass is 35.5. The van der Waals surface area contributed by atoms with Gasteiger partial charge in [-0.3, -0.25) is 0 Å². The molecule has 1 fully saturated rings. The van der Waals surface area contributed by atoms with Gasteiger partial charge in [0.05, 0.1) is 11.1 Å². The number of sulfonamides is 1. The highest BCUT2D eigenvalue weighted by Crippen LogP contribution is 2.25. The maximum atomic E-state index is 12.5. The average molecular weight is 320 g/mol. The number of hydrogen-bond donors (Lipinski definition) is 1. The fourth-order valence-corrected chi connectivity index (χ4v) is 3.87. The standard InChI is InChI=1S/C12H18ClN3O3S/c1-2-19-9-3-5-16(6-4-9)20(17,18)10-7-11(13)12(14)15-8-10/h7-9H,2-6H2,1H3,(H2,14,15). The molecule has 1 aliphatic rings. The molecule has 0 amide bonds. The molecule has 2 rings (SSSR count). The van der Waals surface area contributed by atoms with Gasteiger partial charge >= 0.3 is 0 Å². The Hall–Kier alpha value is -0.890. The van der Waals surface area contributed by atoms with Crippen LogP contribution in [0.25, 0.3) is 0 Å². The number of pyridine rings is 1. The molecular weight excluding hydrogens is 302 g/mol. The summed E-state index contributed by atoms with van der Waals surface area (Å²) in [5, 5.41) is 0.148. The molecule has 1 aliphatic heterocycles. The summed E-state index contributed by atoms with van der Waals surface area (Å²) in [6.45, 7) is 3.46. The Morgan fingerprint density at radius 3 is 2.70 bits per heavy atom. The van der Waals surface area contributed by atoms with Gasteiger partial charge in [-0.15, -0.1) is 0 Å². The van der Waals surface area contributed by atoms with Crippen LogP contribution in [0.5, 0.6) is 0 Å². The molecule has 0 aliphatic carbocycles. The SMILES string of the molecule is CCOC1CCN(S(=O)(=O)c2cnc(N)c(Cl)c2)CC1. The highest BCUT2D eigenvalue weighted by Gasteiger charge is 2.30. The zero-order valence-corrected chi connectivity index (χ0v) is 12.8. The van der Waals surface area contributed by atoms with E-state index in [1.807, 2.05) is 6.92 Å². The van der Waals surface area contributed by atoms with Crippen LogP contribution in [0.15, 0.2) is 17.2 Å². The van der Waals surface area contributed by atoms with Gasteiger partial charge in [-0.2, -0.15) is 4.31 Å². The van der Waals surface area contributed by atoms with Crippen molar-refractivity contribution >= 4 is 27.4 Å². The number of rotatable bonds is 4. The lowest BCUT2D eigenvalue weighted by Crippen LogP contribution is -2.40. The molecule has 0 radical (unpaired) electrons. The van der Waals surface area contributed by atoms with Gasteiger partial charge in [-0.25, -0.2) is 13.4 Å². The number of nitrogen functional groups attached to an aromatic ring is 1. The number of hydrogen-bond acceptors (Lipinski definition) is 5. The lowest BCUT2D eigenvalue weighted by atomic mass is 10.1. The first kappa shape index (κ1) is 15.5. The van der Waals surface area contributed by atoms with Crippen molar-refractivity contribution in [1.29, 1.82) is 0 Å². The predicted molar refractivity (Wildman–Crippen MR) is 77.1 cm³/mol. The number of nitrogens with zero attached hydrogens (tertiary/aromatic N) is 2. The smallest absolute Gasteiger partial charge is 0.244 e. The zero-order chi connectivity index (χ0) is 14.8. The minimum atomic E-state index is -3.56. The molecule has 1 aromatic rings. The minimum absolute atomic E-state index is 0.0755. The summed E-state index contributed by atoms with van der Waals surface area (Å²) >= 11 is 5.83. The Balaban J connectivity index is 2.13. The predicted octanol–water partition coefficient (Wildman–Crippen LogP) is 1.51. The van der Waals surface area contributed by atoms with Gasteiger partial charge in [0.25, 0.3) is 0 Å². The van der Waals surface area contributed by atoms with Crippen molar-refractivity contribution in [1.82, 2.24) is 9.29 Å². The molecular formula is C12H18ClN3O3S. The van der Waals surface area contributed by atoms with Gasteiger partial charge in [-0.05, 0) is 25.8 Å². The lowest BCUT2D eigenvalue weighted by molar-refractivity contribution is 0.0290. The van der Waals surface area contributed by atoms with Crippen LogP contribution in [0.2, 0.25) is 5.02 Å². The van der Waals surface area contributed by atoms with Crippen molar-refractivity contribution in [2.75, 3.05) is 25.4 Å². The van der Waals surface area contributed by atoms with E-state index < -0.39 is 10.0 Å². The lowest BCUT2D eigenvalue weighted by Gasteiger charge is -2.30. The summed E-state index contributed by atoms with van der Waals surface area (Å²) in [5.74, 6) is 0.126. The molecule has 1 saturated heterocycles. The fourth-order valence-electron chi connectivity index (χ4n) is 2.20. The van der Waals surface area contributed by atoms with E-state index in [9.17, 15) is 8.42 Å². The van der Waals surface area contributed by atoms with Gasteiger partial charge in [0.2, 0.25) is 10.0 Å². The Morgan fingerprint density at radius 2 is 2.15 bits per heavy atom. The van der Waals surface area contributed by atoms with Gasteiger partial charge in [0, 0.05) is 25.9 Å². The second kappa shape index (κ2) is 6.26. The molecule has 0 aromatic carbocycles. The average Bonchev–Trinajstić information content (AvgIpc) is 2.43. The van der Waals surface area contributed by atoms with E-state index in [1.165, 1.54) is 16.6 Å². The summed E-state index contributed by atoms with van der Waals surface area (Å²) in [6, 6.07) is 1.34. The Bertz CT molecular complexity index is 571. The second-order valence-electron chi connectivity index (χ2n) is 4.60. The van der Waals surface area contributed by atoms with Gasteiger partial charge in [0.1, 0.15) is 10.7 Å². The van der Waals surface area contributed by atoms with Crippen molar-refractivity contribution in [3.05, 3.63) is 17.3 Å². The Labute approximate surface area is 123 Å². The molecule has 0 saturated carbocycles. The summed E-state index contributed by atoms with van der Waals surface area (Å²) in [7, 11) is -3.56. The molecule has 6 nitrogen and oxygen atoms in total. The number of aromatic nitrogens is 1. The van der Waals surface area contributed by atoms with E-state index in [1.54, 1.807) is 0 Å². The van der Waals surface area contributed by atoms with E-state index in [0.29, 0.717) is 32.5 Å². The second-order valence-corrected chi connectivity index (χ2v) is 6.94. The summed E-state index contributed by atoms with van der Waals surface area (Å²) in [4.78, 5) is 3.87. The van der Waals surface area contributed by atoms with E-state index >= 15 is 0 Å². The quantitative estimate of drug-likeness (QED) is 0.909. The first-order valence-electron chi connectivity index (χ1n) is 6.48. The van der Waals surface area contributed by atoms with Crippen molar-refractivity contribution in [2.24, 2.45) is 0 Å². The normalized spacial score (nSPS) is 18.3. The van der Waals surface area contributed by atoms with E-state index in [2.05, 4.69) is 4.98 Å². The topological polar surface area (TPSA) is 85.5 Å². The zero-order valence-electron chi connectivity index (χ0n) is 11.3. The maximum Gasteiger partial charge on any atom is 0.244 e. The summed E-state index contributed by atoms with van der Waals surface area (Å²) in [6.07, 6.45) is 2.77. The number of nitrogens with two attached hydrogens (primary N) is 1. The molecule has 0 unspecified atom stereocenters. The third kappa shape index (κ3) is 3.22. The van der Waals surface area contributed by atoms with E-state index in [4.69, 9.17) is 22.1 Å². The van der Waals surface area contributed by atoms with Crippen LogP contribution in [-0.4, -0.2) is 43.5 Å².